The first-order valence-corrected chi connectivity index (χ1v) is 15.8. The van der Waals surface area contributed by atoms with Crippen molar-refractivity contribution in [1.82, 2.24) is 19.4 Å². The van der Waals surface area contributed by atoms with E-state index in [1.165, 1.54) is 36.0 Å². The second kappa shape index (κ2) is 12.5. The summed E-state index contributed by atoms with van der Waals surface area (Å²) >= 11 is 12.5. The number of amidine groups is 1. The van der Waals surface area contributed by atoms with E-state index in [-0.39, 0.29) is 23.2 Å². The second-order valence-electron chi connectivity index (χ2n) is 10.2. The Morgan fingerprint density at radius 1 is 1.02 bits per heavy atom. The van der Waals surface area contributed by atoms with Gasteiger partial charge in [-0.1, -0.05) is 47.5 Å². The molecule has 0 aliphatic carbocycles. The molecule has 1 saturated heterocycles. The minimum Gasteiger partial charge on any atom is -0.493 e. The second-order valence-corrected chi connectivity index (χ2v) is 13.3. The number of rotatable bonds is 7. The number of nitrogens with one attached hydrogen (secondary N) is 1. The summed E-state index contributed by atoms with van der Waals surface area (Å²) in [6.45, 7) is 2.57. The molecule has 2 aliphatic heterocycles. The van der Waals surface area contributed by atoms with Gasteiger partial charge in [0.1, 0.15) is 24.2 Å². The molecule has 2 atom stereocenters. The van der Waals surface area contributed by atoms with Gasteiger partial charge in [0.25, 0.3) is 0 Å². The van der Waals surface area contributed by atoms with E-state index in [1.54, 1.807) is 30.3 Å². The highest BCUT2D eigenvalue weighted by molar-refractivity contribution is 7.89. The summed E-state index contributed by atoms with van der Waals surface area (Å²) in [6.07, 6.45) is 0. The van der Waals surface area contributed by atoms with E-state index in [0.717, 1.165) is 15.4 Å². The van der Waals surface area contributed by atoms with E-state index < -0.39 is 28.1 Å². The molecule has 1 N–H and O–H groups in total. The summed E-state index contributed by atoms with van der Waals surface area (Å²) in [4.78, 5) is 34.9. The van der Waals surface area contributed by atoms with Gasteiger partial charge in [0.05, 0.1) is 23.1 Å². The van der Waals surface area contributed by atoms with Crippen LogP contribution in [0.4, 0.5) is 4.79 Å². The third kappa shape index (κ3) is 6.21. The maximum Gasteiger partial charge on any atom is 0.326 e. The first kappa shape index (κ1) is 30.8. The summed E-state index contributed by atoms with van der Waals surface area (Å²) in [5.41, 5.74) is 1.85. The van der Waals surface area contributed by atoms with E-state index >= 15 is 0 Å². The van der Waals surface area contributed by atoms with Crippen LogP contribution >= 0.6 is 23.2 Å². The van der Waals surface area contributed by atoms with Crippen molar-refractivity contribution in [3.8, 4) is 5.75 Å². The van der Waals surface area contributed by atoms with E-state index in [2.05, 4.69) is 5.32 Å². The molecular formula is C30H31Cl2N5O5S. The van der Waals surface area contributed by atoms with Crippen molar-refractivity contribution in [3.05, 3.63) is 93.5 Å². The number of halogens is 2. The largest absolute Gasteiger partial charge is 0.493 e. The lowest BCUT2D eigenvalue weighted by Gasteiger charge is -2.35. The Labute approximate surface area is 260 Å². The van der Waals surface area contributed by atoms with Crippen LogP contribution in [0.2, 0.25) is 10.0 Å². The summed E-state index contributed by atoms with van der Waals surface area (Å²) in [5, 5.41) is 3.82. The number of ether oxygens (including phenoxy) is 1. The molecule has 13 heteroatoms. The van der Waals surface area contributed by atoms with Crippen molar-refractivity contribution >= 4 is 51.0 Å². The molecule has 226 valence electrons. The third-order valence-corrected chi connectivity index (χ3v) is 9.59. The van der Waals surface area contributed by atoms with Crippen LogP contribution in [0.1, 0.15) is 35.7 Å². The van der Waals surface area contributed by atoms with Gasteiger partial charge >= 0.3 is 6.03 Å². The Kier molecular flexibility index (Phi) is 8.98. The molecule has 5 rings (SSSR count). The fourth-order valence-corrected chi connectivity index (χ4v) is 6.33. The first-order valence-electron chi connectivity index (χ1n) is 13.6. The van der Waals surface area contributed by atoms with Crippen molar-refractivity contribution in [1.29, 1.82) is 0 Å². The van der Waals surface area contributed by atoms with Gasteiger partial charge < -0.3 is 15.0 Å². The normalized spacial score (nSPS) is 18.9. The van der Waals surface area contributed by atoms with Crippen LogP contribution in [0.3, 0.4) is 0 Å². The number of hydrogen-bond acceptors (Lipinski definition) is 6. The maximum atomic E-state index is 14.4. The van der Waals surface area contributed by atoms with Crippen LogP contribution in [-0.2, 0) is 14.8 Å². The molecule has 0 bridgehead atoms. The lowest BCUT2D eigenvalue weighted by atomic mass is 9.93. The van der Waals surface area contributed by atoms with Crippen LogP contribution in [0.15, 0.2) is 76.6 Å². The maximum absolute atomic E-state index is 14.4. The predicted octanol–water partition coefficient (Wildman–Crippen LogP) is 4.74. The number of urea groups is 1. The molecule has 0 radical (unpaired) electrons. The lowest BCUT2D eigenvalue weighted by molar-refractivity contribution is -0.123. The van der Waals surface area contributed by atoms with Crippen LogP contribution in [0.5, 0.6) is 5.75 Å². The van der Waals surface area contributed by atoms with E-state index in [0.29, 0.717) is 41.1 Å². The zero-order valence-electron chi connectivity index (χ0n) is 23.8. The highest BCUT2D eigenvalue weighted by atomic mass is 35.5. The average molecular weight is 645 g/mol. The number of carbonyl (C=O) groups excluding carboxylic acids is 2. The minimum atomic E-state index is -3.84. The molecule has 43 heavy (non-hydrogen) atoms. The monoisotopic (exact) mass is 643 g/mol. The van der Waals surface area contributed by atoms with Gasteiger partial charge in [-0.3, -0.25) is 14.7 Å². The molecule has 0 spiro atoms. The molecule has 0 aromatic heterocycles. The number of aliphatic imine (C=N–C) groups is 1. The van der Waals surface area contributed by atoms with Crippen LogP contribution in [0, 0.1) is 0 Å². The number of hydrogen-bond donors (Lipinski definition) is 1. The Bertz CT molecular complexity index is 1660. The van der Waals surface area contributed by atoms with Crippen molar-refractivity contribution in [2.24, 2.45) is 4.99 Å². The summed E-state index contributed by atoms with van der Waals surface area (Å²) in [6, 6.07) is 17.1. The van der Waals surface area contributed by atoms with Gasteiger partial charge in [-0.05, 0) is 60.5 Å². The molecule has 2 unspecified atom stereocenters. The molecule has 2 aliphatic rings. The molecule has 3 aromatic rings. The van der Waals surface area contributed by atoms with Crippen molar-refractivity contribution in [2.45, 2.75) is 23.9 Å². The molecule has 1 fully saturated rings. The molecule has 0 saturated carbocycles. The standard InChI is InChI=1S/C30H31Cl2N5O5S/c1-4-42-25-14-13-23(43(40,41)35(2)3)17-24(25)29-34-27(19-5-9-21(31)10-6-19)28(20-7-11-22(32)12-8-20)37(29)30(39)36-16-15-33-26(38)18-36/h5-14,17,27-28H,4,15-16,18H2,1-3H3,(H,33,38). The summed E-state index contributed by atoms with van der Waals surface area (Å²) < 4.78 is 33.4. The van der Waals surface area contributed by atoms with Gasteiger partial charge in [0.15, 0.2) is 0 Å². The summed E-state index contributed by atoms with van der Waals surface area (Å²) in [5.74, 6) is 0.304. The summed E-state index contributed by atoms with van der Waals surface area (Å²) in [7, 11) is -0.946. The number of nitrogens with zero attached hydrogens (tertiary/aromatic N) is 4. The van der Waals surface area contributed by atoms with Crippen LogP contribution in [0.25, 0.3) is 0 Å². The van der Waals surface area contributed by atoms with E-state index in [4.69, 9.17) is 32.9 Å². The molecule has 3 amide bonds. The van der Waals surface area contributed by atoms with Gasteiger partial charge in [-0.2, -0.15) is 0 Å². The Hall–Kier alpha value is -3.64. The number of amides is 3. The predicted molar refractivity (Wildman–Crippen MR) is 165 cm³/mol. The quantitative estimate of drug-likeness (QED) is 0.400. The van der Waals surface area contributed by atoms with Gasteiger partial charge in [0.2, 0.25) is 15.9 Å². The Morgan fingerprint density at radius 3 is 2.23 bits per heavy atom. The Balaban J connectivity index is 1.76. The van der Waals surface area contributed by atoms with Gasteiger partial charge in [-0.25, -0.2) is 17.5 Å². The molecule has 2 heterocycles. The molecule has 10 nitrogen and oxygen atoms in total. The fraction of sp³-hybridized carbons (Fsp3) is 0.300. The van der Waals surface area contributed by atoms with Crippen molar-refractivity contribution < 1.29 is 22.7 Å². The molecule has 3 aromatic carbocycles. The average Bonchev–Trinajstić information content (AvgIpc) is 3.38. The van der Waals surface area contributed by atoms with Crippen molar-refractivity contribution in [2.75, 3.05) is 40.3 Å². The zero-order chi connectivity index (χ0) is 30.9. The highest BCUT2D eigenvalue weighted by Gasteiger charge is 2.45. The molecular weight excluding hydrogens is 613 g/mol. The zero-order valence-corrected chi connectivity index (χ0v) is 26.2. The smallest absolute Gasteiger partial charge is 0.326 e. The van der Waals surface area contributed by atoms with E-state index in [1.807, 2.05) is 31.2 Å². The van der Waals surface area contributed by atoms with Crippen LogP contribution < -0.4 is 10.1 Å². The minimum absolute atomic E-state index is 0.0152. The number of sulfonamides is 1. The number of piperazine rings is 1. The lowest BCUT2D eigenvalue weighted by Crippen LogP contribution is -2.55. The van der Waals surface area contributed by atoms with Gasteiger partial charge in [-0.15, -0.1) is 0 Å². The number of benzene rings is 3. The highest BCUT2D eigenvalue weighted by Crippen LogP contribution is 2.45. The van der Waals surface area contributed by atoms with Gasteiger partial charge in [0, 0.05) is 37.2 Å². The first-order chi connectivity index (χ1) is 20.5. The Morgan fingerprint density at radius 2 is 1.65 bits per heavy atom. The third-order valence-electron chi connectivity index (χ3n) is 7.28. The van der Waals surface area contributed by atoms with Crippen LogP contribution in [-0.4, -0.2) is 80.6 Å². The van der Waals surface area contributed by atoms with Crippen molar-refractivity contribution in [3.63, 3.8) is 0 Å². The fourth-order valence-electron chi connectivity index (χ4n) is 5.15. The SMILES string of the molecule is CCOc1ccc(S(=O)(=O)N(C)C)cc1C1=NC(c2ccc(Cl)cc2)C(c2ccc(Cl)cc2)N1C(=O)N1CCNC(=O)C1. The van der Waals surface area contributed by atoms with E-state index in [9.17, 15) is 18.0 Å². The number of carbonyl (C=O) groups is 2. The topological polar surface area (TPSA) is 112 Å².